The number of anilines is 1. The van der Waals surface area contributed by atoms with Gasteiger partial charge < -0.3 is 0 Å². The Morgan fingerprint density at radius 1 is 1.24 bits per heavy atom. The van der Waals surface area contributed by atoms with Crippen molar-refractivity contribution < 1.29 is 13.6 Å². The van der Waals surface area contributed by atoms with Crippen molar-refractivity contribution in [3.63, 3.8) is 0 Å². The minimum Gasteiger partial charge on any atom is -0.298 e. The minimum absolute atomic E-state index is 0.0297. The van der Waals surface area contributed by atoms with E-state index in [1.54, 1.807) is 11.4 Å². The molecule has 0 bridgehead atoms. The Morgan fingerprint density at radius 2 is 2.04 bits per heavy atom. The van der Waals surface area contributed by atoms with Crippen LogP contribution in [-0.4, -0.2) is 21.6 Å². The van der Waals surface area contributed by atoms with Gasteiger partial charge in [0.1, 0.15) is 5.03 Å². The van der Waals surface area contributed by atoms with Crippen molar-refractivity contribution in [3.05, 3.63) is 58.6 Å². The standard InChI is InChI=1S/C16H10ClF2N3OS2/c17-11-6-2-1-4-9(11)12-8-24-16(21-12)22-13(23)10-5-3-7-20-14(10)25-15(18)19/h1-8,15H,(H,21,22,23). The molecule has 0 aliphatic rings. The van der Waals surface area contributed by atoms with Crippen molar-refractivity contribution in [2.45, 2.75) is 10.8 Å². The minimum atomic E-state index is -2.66. The molecule has 2 aromatic heterocycles. The number of aromatic nitrogens is 2. The molecule has 0 radical (unpaired) electrons. The first-order valence-corrected chi connectivity index (χ1v) is 9.10. The number of alkyl halides is 2. The van der Waals surface area contributed by atoms with Crippen molar-refractivity contribution in [2.24, 2.45) is 0 Å². The van der Waals surface area contributed by atoms with Gasteiger partial charge >= 0.3 is 0 Å². The number of amides is 1. The fourth-order valence-electron chi connectivity index (χ4n) is 2.03. The Morgan fingerprint density at radius 3 is 2.80 bits per heavy atom. The zero-order valence-corrected chi connectivity index (χ0v) is 14.8. The molecule has 0 aliphatic carbocycles. The van der Waals surface area contributed by atoms with Crippen molar-refractivity contribution in [1.29, 1.82) is 0 Å². The summed E-state index contributed by atoms with van der Waals surface area (Å²) >= 11 is 7.58. The van der Waals surface area contributed by atoms with E-state index in [0.29, 0.717) is 15.8 Å². The van der Waals surface area contributed by atoms with E-state index in [1.807, 2.05) is 18.2 Å². The molecular formula is C16H10ClF2N3OS2. The predicted octanol–water partition coefficient (Wildman–Crippen LogP) is 5.43. The molecule has 128 valence electrons. The number of pyridine rings is 1. The molecule has 1 aromatic carbocycles. The summed E-state index contributed by atoms with van der Waals surface area (Å²) in [6.45, 7) is 0. The Labute approximate surface area is 155 Å². The number of benzene rings is 1. The van der Waals surface area contributed by atoms with Gasteiger partial charge in [-0.3, -0.25) is 10.1 Å². The maximum absolute atomic E-state index is 12.6. The van der Waals surface area contributed by atoms with Crippen LogP contribution in [0.4, 0.5) is 13.9 Å². The van der Waals surface area contributed by atoms with Crippen LogP contribution >= 0.6 is 34.7 Å². The highest BCUT2D eigenvalue weighted by atomic mass is 35.5. The maximum atomic E-state index is 12.6. The lowest BCUT2D eigenvalue weighted by molar-refractivity contribution is 0.102. The number of thioether (sulfide) groups is 1. The SMILES string of the molecule is O=C(Nc1nc(-c2ccccc2Cl)cs1)c1cccnc1SC(F)F. The van der Waals surface area contributed by atoms with Crippen LogP contribution in [0.15, 0.2) is 53.0 Å². The topological polar surface area (TPSA) is 54.9 Å². The quantitative estimate of drug-likeness (QED) is 0.583. The van der Waals surface area contributed by atoms with Crippen LogP contribution in [0.25, 0.3) is 11.3 Å². The zero-order chi connectivity index (χ0) is 17.8. The number of rotatable bonds is 5. The summed E-state index contributed by atoms with van der Waals surface area (Å²) in [7, 11) is 0. The molecule has 2 heterocycles. The van der Waals surface area contributed by atoms with Gasteiger partial charge in [0, 0.05) is 22.2 Å². The van der Waals surface area contributed by atoms with E-state index in [0.717, 1.165) is 5.56 Å². The van der Waals surface area contributed by atoms with Crippen LogP contribution in [-0.2, 0) is 0 Å². The summed E-state index contributed by atoms with van der Waals surface area (Å²) in [5.41, 5.74) is 1.44. The summed E-state index contributed by atoms with van der Waals surface area (Å²) in [6, 6.07) is 10.2. The Bertz CT molecular complexity index is 904. The van der Waals surface area contributed by atoms with Crippen LogP contribution < -0.4 is 5.32 Å². The smallest absolute Gasteiger partial charge is 0.290 e. The lowest BCUT2D eigenvalue weighted by atomic mass is 10.2. The molecule has 0 saturated carbocycles. The highest BCUT2D eigenvalue weighted by Gasteiger charge is 2.18. The molecule has 0 atom stereocenters. The van der Waals surface area contributed by atoms with Crippen LogP contribution in [0.2, 0.25) is 5.02 Å². The third-order valence-corrected chi connectivity index (χ3v) is 4.91. The number of thiazole rings is 1. The fourth-order valence-corrected chi connectivity index (χ4v) is 3.55. The van der Waals surface area contributed by atoms with Gasteiger partial charge in [-0.2, -0.15) is 8.78 Å². The largest absolute Gasteiger partial charge is 0.298 e. The molecule has 0 unspecified atom stereocenters. The molecule has 0 spiro atoms. The number of hydrogen-bond acceptors (Lipinski definition) is 5. The second kappa shape index (κ2) is 7.90. The van der Waals surface area contributed by atoms with Gasteiger partial charge in [0.2, 0.25) is 0 Å². The van der Waals surface area contributed by atoms with Crippen molar-refractivity contribution in [2.75, 3.05) is 5.32 Å². The van der Waals surface area contributed by atoms with Gasteiger partial charge in [0.05, 0.1) is 11.3 Å². The molecule has 9 heteroatoms. The van der Waals surface area contributed by atoms with E-state index in [2.05, 4.69) is 15.3 Å². The van der Waals surface area contributed by atoms with Crippen LogP contribution in [0.5, 0.6) is 0 Å². The fraction of sp³-hybridized carbons (Fsp3) is 0.0625. The number of carbonyl (C=O) groups excluding carboxylic acids is 1. The summed E-state index contributed by atoms with van der Waals surface area (Å²) in [5, 5.41) is 5.23. The third-order valence-electron chi connectivity index (χ3n) is 3.09. The number of nitrogens with one attached hydrogen (secondary N) is 1. The summed E-state index contributed by atoms with van der Waals surface area (Å²) in [5.74, 6) is -3.20. The lowest BCUT2D eigenvalue weighted by Crippen LogP contribution is -2.13. The molecule has 0 aliphatic heterocycles. The lowest BCUT2D eigenvalue weighted by Gasteiger charge is -2.06. The highest BCUT2D eigenvalue weighted by molar-refractivity contribution is 7.99. The van der Waals surface area contributed by atoms with Crippen molar-refractivity contribution in [3.8, 4) is 11.3 Å². The van der Waals surface area contributed by atoms with Crippen LogP contribution in [0.1, 0.15) is 10.4 Å². The summed E-state index contributed by atoms with van der Waals surface area (Å²) in [4.78, 5) is 20.5. The van der Waals surface area contributed by atoms with E-state index in [4.69, 9.17) is 11.6 Å². The second-order valence-corrected chi connectivity index (χ2v) is 6.95. The number of carbonyl (C=O) groups is 1. The molecule has 0 fully saturated rings. The van der Waals surface area contributed by atoms with E-state index in [-0.39, 0.29) is 22.4 Å². The second-order valence-electron chi connectivity index (χ2n) is 4.71. The van der Waals surface area contributed by atoms with Gasteiger partial charge in [-0.05, 0) is 30.0 Å². The average Bonchev–Trinajstić information content (AvgIpc) is 3.03. The zero-order valence-electron chi connectivity index (χ0n) is 12.4. The normalized spacial score (nSPS) is 10.9. The van der Waals surface area contributed by atoms with Crippen molar-refractivity contribution in [1.82, 2.24) is 9.97 Å². The summed E-state index contributed by atoms with van der Waals surface area (Å²) in [6.07, 6.45) is 1.36. The number of halogens is 3. The van der Waals surface area contributed by atoms with E-state index in [9.17, 15) is 13.6 Å². The average molecular weight is 398 g/mol. The summed E-state index contributed by atoms with van der Waals surface area (Å²) < 4.78 is 25.2. The van der Waals surface area contributed by atoms with E-state index < -0.39 is 11.7 Å². The predicted molar refractivity (Wildman–Crippen MR) is 96.6 cm³/mol. The molecule has 0 saturated heterocycles. The molecule has 25 heavy (non-hydrogen) atoms. The maximum Gasteiger partial charge on any atom is 0.290 e. The van der Waals surface area contributed by atoms with Crippen LogP contribution in [0.3, 0.4) is 0 Å². The van der Waals surface area contributed by atoms with Gasteiger partial charge in [-0.25, -0.2) is 9.97 Å². The number of nitrogens with zero attached hydrogens (tertiary/aromatic N) is 2. The van der Waals surface area contributed by atoms with Gasteiger partial charge in [0.25, 0.3) is 11.7 Å². The molecule has 1 N–H and O–H groups in total. The van der Waals surface area contributed by atoms with Crippen molar-refractivity contribution >= 4 is 45.7 Å². The van der Waals surface area contributed by atoms with Gasteiger partial charge in [-0.1, -0.05) is 29.8 Å². The Hall–Kier alpha value is -2.03. The van der Waals surface area contributed by atoms with Gasteiger partial charge in [-0.15, -0.1) is 11.3 Å². The first kappa shape index (κ1) is 17.8. The molecule has 4 nitrogen and oxygen atoms in total. The molecular weight excluding hydrogens is 388 g/mol. The van der Waals surface area contributed by atoms with Gasteiger partial charge in [0.15, 0.2) is 5.13 Å². The first-order valence-electron chi connectivity index (χ1n) is 6.96. The highest BCUT2D eigenvalue weighted by Crippen LogP contribution is 2.31. The Balaban J connectivity index is 1.80. The van der Waals surface area contributed by atoms with Crippen LogP contribution in [0, 0.1) is 0 Å². The number of hydrogen-bond donors (Lipinski definition) is 1. The van der Waals surface area contributed by atoms with E-state index >= 15 is 0 Å². The Kier molecular flexibility index (Phi) is 5.62. The molecule has 3 rings (SSSR count). The third kappa shape index (κ3) is 4.33. The first-order chi connectivity index (χ1) is 12.0. The van der Waals surface area contributed by atoms with E-state index in [1.165, 1.54) is 29.7 Å². The monoisotopic (exact) mass is 397 g/mol. The molecule has 1 amide bonds. The molecule has 3 aromatic rings.